The third kappa shape index (κ3) is 4.25. The lowest BCUT2D eigenvalue weighted by Crippen LogP contribution is -2.45. The van der Waals surface area contributed by atoms with E-state index in [4.69, 9.17) is 5.11 Å². The number of phenolic OH excluding ortho intramolecular Hbond substituents is 1. The van der Waals surface area contributed by atoms with Crippen molar-refractivity contribution < 1.29 is 19.9 Å². The van der Waals surface area contributed by atoms with Gasteiger partial charge in [-0.1, -0.05) is 6.42 Å². The van der Waals surface area contributed by atoms with Crippen molar-refractivity contribution in [2.24, 2.45) is 23.7 Å². The fourth-order valence-corrected chi connectivity index (χ4v) is 7.75. The van der Waals surface area contributed by atoms with Crippen LogP contribution in [0.3, 0.4) is 0 Å². The molecule has 2 bridgehead atoms. The second-order valence-electron chi connectivity index (χ2n) is 9.03. The maximum atomic E-state index is 10.4. The standard InChI is InChI=1S/C14H23NS.C6H3N3O7/c1-2-4-15(5-3-1)14-7-10-6-11(14)13-9-16-8-12(10)13;10-6-4(8(13)14)1-3(7(11)12)2-5(6)9(15)16/h10-14H,1-9H2;1-2,10H. The Balaban J connectivity index is 0.000000153. The minimum Gasteiger partial charge on any atom is -0.497 e. The maximum Gasteiger partial charge on any atom is 0.324 e. The minimum atomic E-state index is -1.21. The van der Waals surface area contributed by atoms with Crippen LogP contribution in [0.25, 0.3) is 0 Å². The Morgan fingerprint density at radius 3 is 2.00 bits per heavy atom. The van der Waals surface area contributed by atoms with Crippen LogP contribution in [0.15, 0.2) is 12.1 Å². The predicted octanol–water partition coefficient (Wildman–Crippen LogP) is 3.98. The molecule has 5 unspecified atom stereocenters. The van der Waals surface area contributed by atoms with Crippen molar-refractivity contribution in [2.45, 2.75) is 38.1 Å². The number of non-ortho nitro benzene ring substituents is 1. The number of rotatable bonds is 4. The number of nitro benzene ring substituents is 3. The number of piperidine rings is 1. The summed E-state index contributed by atoms with van der Waals surface area (Å²) in [6, 6.07) is 1.90. The zero-order chi connectivity index (χ0) is 23.0. The largest absolute Gasteiger partial charge is 0.497 e. The van der Waals surface area contributed by atoms with Gasteiger partial charge in [0.25, 0.3) is 11.4 Å². The smallest absolute Gasteiger partial charge is 0.324 e. The number of thioether (sulfide) groups is 1. The van der Waals surface area contributed by atoms with E-state index in [-0.39, 0.29) is 0 Å². The van der Waals surface area contributed by atoms with Crippen molar-refractivity contribution in [1.29, 1.82) is 0 Å². The van der Waals surface area contributed by atoms with Crippen LogP contribution in [0.5, 0.6) is 5.75 Å². The van der Waals surface area contributed by atoms with Gasteiger partial charge in [-0.3, -0.25) is 30.3 Å². The number of fused-ring (bicyclic) bond motifs is 5. The van der Waals surface area contributed by atoms with Crippen LogP contribution in [0.4, 0.5) is 17.1 Å². The van der Waals surface area contributed by atoms with E-state index in [0.717, 1.165) is 29.7 Å². The summed E-state index contributed by atoms with van der Waals surface area (Å²) in [5.41, 5.74) is -3.00. The van der Waals surface area contributed by atoms with E-state index < -0.39 is 37.6 Å². The van der Waals surface area contributed by atoms with Crippen molar-refractivity contribution in [1.82, 2.24) is 4.90 Å². The van der Waals surface area contributed by atoms with E-state index >= 15 is 0 Å². The van der Waals surface area contributed by atoms with Gasteiger partial charge in [0.1, 0.15) is 0 Å². The van der Waals surface area contributed by atoms with Crippen molar-refractivity contribution >= 4 is 28.8 Å². The van der Waals surface area contributed by atoms with Crippen LogP contribution < -0.4 is 0 Å². The van der Waals surface area contributed by atoms with E-state index in [1.54, 1.807) is 12.8 Å². The van der Waals surface area contributed by atoms with Gasteiger partial charge in [0.2, 0.25) is 0 Å². The third-order valence-electron chi connectivity index (χ3n) is 7.46. The molecule has 5 atom stereocenters. The summed E-state index contributed by atoms with van der Waals surface area (Å²) in [4.78, 5) is 30.6. The predicted molar refractivity (Wildman–Crippen MR) is 118 cm³/mol. The molecule has 1 aromatic rings. The Labute approximate surface area is 188 Å². The van der Waals surface area contributed by atoms with E-state index in [2.05, 4.69) is 16.7 Å². The number of phenols is 1. The second-order valence-corrected chi connectivity index (χ2v) is 10.1. The van der Waals surface area contributed by atoms with Gasteiger partial charge in [0.05, 0.1) is 26.9 Å². The fraction of sp³-hybridized carbons (Fsp3) is 0.700. The first-order valence-corrected chi connectivity index (χ1v) is 12.1. The van der Waals surface area contributed by atoms with Gasteiger partial charge in [-0.2, -0.15) is 11.8 Å². The van der Waals surface area contributed by atoms with Crippen molar-refractivity contribution in [3.8, 4) is 5.75 Å². The van der Waals surface area contributed by atoms with Gasteiger partial charge in [0, 0.05) is 6.04 Å². The van der Waals surface area contributed by atoms with Crippen LogP contribution in [-0.2, 0) is 0 Å². The number of likely N-dealkylation sites (tertiary alicyclic amines) is 1. The molecule has 0 aromatic heterocycles. The Bertz CT molecular complexity index is 888. The molecule has 11 nitrogen and oxygen atoms in total. The van der Waals surface area contributed by atoms with E-state index in [9.17, 15) is 30.3 Å². The number of nitrogens with zero attached hydrogens (tertiary/aromatic N) is 4. The zero-order valence-corrected chi connectivity index (χ0v) is 18.3. The summed E-state index contributed by atoms with van der Waals surface area (Å²) >= 11 is 2.24. The van der Waals surface area contributed by atoms with Crippen molar-refractivity contribution in [3.05, 3.63) is 42.5 Å². The lowest BCUT2D eigenvalue weighted by molar-refractivity contribution is -0.404. The van der Waals surface area contributed by atoms with E-state index in [0.29, 0.717) is 12.1 Å². The molecule has 1 aromatic carbocycles. The number of nitro groups is 3. The lowest BCUT2D eigenvalue weighted by Gasteiger charge is -2.40. The van der Waals surface area contributed by atoms with Gasteiger partial charge in [-0.05, 0) is 74.0 Å². The average Bonchev–Trinajstić information content (AvgIpc) is 3.48. The van der Waals surface area contributed by atoms with Crippen LogP contribution >= 0.6 is 11.8 Å². The Morgan fingerprint density at radius 2 is 1.44 bits per heavy atom. The first-order chi connectivity index (χ1) is 15.3. The lowest BCUT2D eigenvalue weighted by atomic mass is 9.78. The van der Waals surface area contributed by atoms with Crippen molar-refractivity contribution in [2.75, 3.05) is 24.6 Å². The Hall–Kier alpha value is -2.47. The average molecular weight is 467 g/mol. The molecule has 32 heavy (non-hydrogen) atoms. The zero-order valence-electron chi connectivity index (χ0n) is 17.5. The summed E-state index contributed by atoms with van der Waals surface area (Å²) in [7, 11) is 0. The molecule has 1 N–H and O–H groups in total. The van der Waals surface area contributed by atoms with Gasteiger partial charge >= 0.3 is 11.4 Å². The first kappa shape index (κ1) is 22.7. The molecule has 2 aliphatic heterocycles. The van der Waals surface area contributed by atoms with Gasteiger partial charge < -0.3 is 10.0 Å². The second kappa shape index (κ2) is 9.18. The molecule has 4 aliphatic rings. The van der Waals surface area contributed by atoms with Gasteiger partial charge in [-0.15, -0.1) is 0 Å². The van der Waals surface area contributed by atoms with Crippen LogP contribution in [0.1, 0.15) is 32.1 Å². The molecule has 2 saturated heterocycles. The summed E-state index contributed by atoms with van der Waals surface area (Å²) in [5, 5.41) is 40.2. The normalized spacial score (nSPS) is 30.9. The van der Waals surface area contributed by atoms with Gasteiger partial charge in [0.15, 0.2) is 0 Å². The molecular weight excluding hydrogens is 440 g/mol. The van der Waals surface area contributed by atoms with Gasteiger partial charge in [-0.25, -0.2) is 0 Å². The third-order valence-corrected chi connectivity index (χ3v) is 8.70. The molecule has 174 valence electrons. The highest BCUT2D eigenvalue weighted by Crippen LogP contribution is 2.58. The molecule has 2 heterocycles. The van der Waals surface area contributed by atoms with Crippen LogP contribution in [0.2, 0.25) is 0 Å². The fourth-order valence-electron chi connectivity index (χ4n) is 6.06. The molecule has 5 rings (SSSR count). The monoisotopic (exact) mass is 466 g/mol. The Morgan fingerprint density at radius 1 is 0.844 bits per heavy atom. The molecule has 12 heteroatoms. The molecule has 2 aliphatic carbocycles. The first-order valence-electron chi connectivity index (χ1n) is 10.9. The topological polar surface area (TPSA) is 153 Å². The molecular formula is C20H26N4O7S. The summed E-state index contributed by atoms with van der Waals surface area (Å²) in [6.07, 6.45) is 7.58. The molecule has 2 saturated carbocycles. The minimum absolute atomic E-state index is 0.447. The quantitative estimate of drug-likeness (QED) is 0.512. The van der Waals surface area contributed by atoms with E-state index in [1.165, 1.54) is 43.9 Å². The highest BCUT2D eigenvalue weighted by molar-refractivity contribution is 7.99. The molecule has 0 spiro atoms. The highest BCUT2D eigenvalue weighted by atomic mass is 32.2. The molecule has 4 fully saturated rings. The number of hydrogen-bond acceptors (Lipinski definition) is 9. The van der Waals surface area contributed by atoms with Crippen LogP contribution in [0, 0.1) is 54.0 Å². The SMILES string of the molecule is C1CCN(C2CC3CC2C2CSCC32)CC1.O=[N+]([O-])c1cc([N+](=O)[O-])c(O)c([N+](=O)[O-])c1. The molecule has 0 amide bonds. The van der Waals surface area contributed by atoms with Crippen molar-refractivity contribution in [3.63, 3.8) is 0 Å². The van der Waals surface area contributed by atoms with E-state index in [1.807, 2.05) is 0 Å². The highest BCUT2D eigenvalue weighted by Gasteiger charge is 2.55. The maximum absolute atomic E-state index is 10.4. The summed E-state index contributed by atoms with van der Waals surface area (Å²) < 4.78 is 0. The summed E-state index contributed by atoms with van der Waals surface area (Å²) in [5.74, 6) is 6.27. The molecule has 0 radical (unpaired) electrons. The Kier molecular flexibility index (Phi) is 6.52. The summed E-state index contributed by atoms with van der Waals surface area (Å²) in [6.45, 7) is 2.83. The number of aromatic hydroxyl groups is 1. The van der Waals surface area contributed by atoms with Crippen LogP contribution in [-0.4, -0.2) is 55.4 Å². The number of benzene rings is 1. The number of hydrogen-bond donors (Lipinski definition) is 1.